The minimum Gasteiger partial charge on any atom is -0.375 e. The van der Waals surface area contributed by atoms with Gasteiger partial charge in [-0.25, -0.2) is 4.98 Å². The van der Waals surface area contributed by atoms with E-state index in [0.29, 0.717) is 16.8 Å². The molecule has 80 valence electrons. The second-order valence-corrected chi connectivity index (χ2v) is 5.10. The third-order valence-corrected chi connectivity index (χ3v) is 3.67. The first kappa shape index (κ1) is 10.4. The number of aromatic nitrogens is 3. The molecule has 0 spiro atoms. The Hall–Kier alpha value is -1.08. The van der Waals surface area contributed by atoms with Crippen molar-refractivity contribution in [2.45, 2.75) is 23.3 Å². The van der Waals surface area contributed by atoms with Gasteiger partial charge >= 0.3 is 0 Å². The largest absolute Gasteiger partial charge is 0.375 e. The first-order valence-electron chi connectivity index (χ1n) is 4.43. The van der Waals surface area contributed by atoms with Crippen LogP contribution in [0.3, 0.4) is 0 Å². The van der Waals surface area contributed by atoms with Crippen LogP contribution in [-0.2, 0) is 12.2 Å². The molecule has 2 aromatic rings. The van der Waals surface area contributed by atoms with E-state index in [4.69, 9.17) is 10.3 Å². The lowest BCUT2D eigenvalue weighted by Gasteiger charge is -1.90. The molecule has 2 aromatic heterocycles. The highest BCUT2D eigenvalue weighted by Gasteiger charge is 2.06. The van der Waals surface area contributed by atoms with Gasteiger partial charge in [0.05, 0.1) is 16.2 Å². The minimum absolute atomic E-state index is 0.581. The van der Waals surface area contributed by atoms with E-state index in [1.807, 2.05) is 6.92 Å². The van der Waals surface area contributed by atoms with Gasteiger partial charge in [0.25, 0.3) is 0 Å². The lowest BCUT2D eigenvalue weighted by Crippen LogP contribution is -1.83. The maximum atomic E-state index is 5.52. The van der Waals surface area contributed by atoms with Gasteiger partial charge in [-0.2, -0.15) is 4.98 Å². The smallest absolute Gasteiger partial charge is 0.237 e. The highest BCUT2D eigenvalue weighted by molar-refractivity contribution is 8.00. The van der Waals surface area contributed by atoms with Crippen molar-refractivity contribution in [2.75, 3.05) is 5.73 Å². The van der Waals surface area contributed by atoms with Crippen molar-refractivity contribution in [3.63, 3.8) is 0 Å². The lowest BCUT2D eigenvalue weighted by molar-refractivity contribution is 0.385. The summed E-state index contributed by atoms with van der Waals surface area (Å²) in [7, 11) is 0. The van der Waals surface area contributed by atoms with Gasteiger partial charge in [0.15, 0.2) is 11.0 Å². The molecule has 15 heavy (non-hydrogen) atoms. The van der Waals surface area contributed by atoms with E-state index in [-0.39, 0.29) is 0 Å². The van der Waals surface area contributed by atoms with E-state index in [1.54, 1.807) is 18.0 Å². The molecule has 0 unspecified atom stereocenters. The fraction of sp³-hybridized carbons (Fsp3) is 0.375. The van der Waals surface area contributed by atoms with Gasteiger partial charge in [-0.15, -0.1) is 11.8 Å². The first-order chi connectivity index (χ1) is 7.28. The fourth-order valence-corrected chi connectivity index (χ4v) is 2.56. The zero-order valence-electron chi connectivity index (χ0n) is 8.14. The van der Waals surface area contributed by atoms with E-state index in [9.17, 15) is 0 Å². The quantitative estimate of drug-likeness (QED) is 0.826. The number of nitrogens with two attached hydrogens (primary N) is 1. The number of anilines is 1. The Labute approximate surface area is 95.1 Å². The predicted octanol–water partition coefficient (Wildman–Crippen LogP) is 1.96. The van der Waals surface area contributed by atoms with Crippen molar-refractivity contribution < 1.29 is 4.52 Å². The molecule has 0 aliphatic rings. The van der Waals surface area contributed by atoms with Crippen LogP contribution in [0.1, 0.15) is 18.6 Å². The van der Waals surface area contributed by atoms with Crippen molar-refractivity contribution >= 4 is 28.2 Å². The van der Waals surface area contributed by atoms with Crippen molar-refractivity contribution in [3.8, 4) is 0 Å². The van der Waals surface area contributed by atoms with Crippen molar-refractivity contribution in [2.24, 2.45) is 0 Å². The standard InChI is InChI=1S/C8H10N4OS2/c1-2-5-11-6(13-12-5)4-14-7-3-10-8(9)15-7/h3H,2,4H2,1H3,(H2,9,10). The third kappa shape index (κ3) is 2.69. The highest BCUT2D eigenvalue weighted by atomic mass is 32.2. The third-order valence-electron chi connectivity index (χ3n) is 1.67. The molecular weight excluding hydrogens is 232 g/mol. The molecule has 2 heterocycles. The van der Waals surface area contributed by atoms with Crippen LogP contribution < -0.4 is 5.73 Å². The summed E-state index contributed by atoms with van der Waals surface area (Å²) >= 11 is 3.06. The molecule has 0 saturated carbocycles. The van der Waals surface area contributed by atoms with E-state index in [1.165, 1.54) is 11.3 Å². The van der Waals surface area contributed by atoms with Crippen molar-refractivity contribution in [1.29, 1.82) is 0 Å². The molecule has 0 radical (unpaired) electrons. The Morgan fingerprint density at radius 3 is 3.07 bits per heavy atom. The number of hydrogen-bond donors (Lipinski definition) is 1. The number of thioether (sulfide) groups is 1. The molecule has 2 rings (SSSR count). The molecule has 0 bridgehead atoms. The Balaban J connectivity index is 1.93. The van der Waals surface area contributed by atoms with Crippen molar-refractivity contribution in [3.05, 3.63) is 17.9 Å². The summed E-state index contributed by atoms with van der Waals surface area (Å²) < 4.78 is 6.11. The molecule has 0 aromatic carbocycles. The maximum absolute atomic E-state index is 5.52. The van der Waals surface area contributed by atoms with Gasteiger partial charge in [0.1, 0.15) is 0 Å². The second-order valence-electron chi connectivity index (χ2n) is 2.76. The number of hydrogen-bond acceptors (Lipinski definition) is 7. The summed E-state index contributed by atoms with van der Waals surface area (Å²) in [5, 5.41) is 4.40. The van der Waals surface area contributed by atoms with Gasteiger partial charge < -0.3 is 10.3 Å². The van der Waals surface area contributed by atoms with Crippen LogP contribution in [-0.4, -0.2) is 15.1 Å². The molecule has 0 fully saturated rings. The summed E-state index contributed by atoms with van der Waals surface area (Å²) in [6.07, 6.45) is 2.55. The Kier molecular flexibility index (Phi) is 3.22. The number of aryl methyl sites for hydroxylation is 1. The lowest BCUT2D eigenvalue weighted by atomic mass is 10.5. The molecule has 0 atom stereocenters. The van der Waals surface area contributed by atoms with Crippen LogP contribution >= 0.6 is 23.1 Å². The normalized spacial score (nSPS) is 10.7. The zero-order chi connectivity index (χ0) is 10.7. The van der Waals surface area contributed by atoms with E-state index in [2.05, 4.69) is 15.1 Å². The van der Waals surface area contributed by atoms with Crippen LogP contribution in [0.2, 0.25) is 0 Å². The molecule has 7 heteroatoms. The predicted molar refractivity (Wildman–Crippen MR) is 59.8 cm³/mol. The number of nitrogens with zero attached hydrogens (tertiary/aromatic N) is 3. The Morgan fingerprint density at radius 2 is 2.47 bits per heavy atom. The van der Waals surface area contributed by atoms with E-state index >= 15 is 0 Å². The van der Waals surface area contributed by atoms with Gasteiger partial charge in [0.2, 0.25) is 5.89 Å². The Morgan fingerprint density at radius 1 is 1.60 bits per heavy atom. The fourth-order valence-electron chi connectivity index (χ4n) is 0.964. The van der Waals surface area contributed by atoms with Gasteiger partial charge in [-0.3, -0.25) is 0 Å². The van der Waals surface area contributed by atoms with Gasteiger partial charge in [0, 0.05) is 6.42 Å². The summed E-state index contributed by atoms with van der Waals surface area (Å²) in [4.78, 5) is 8.16. The molecule has 0 aliphatic carbocycles. The molecule has 0 aliphatic heterocycles. The molecule has 0 saturated heterocycles. The summed E-state index contributed by atoms with van der Waals surface area (Å²) in [5.41, 5.74) is 5.52. The molecule has 2 N–H and O–H groups in total. The van der Waals surface area contributed by atoms with Crippen LogP contribution in [0.15, 0.2) is 14.9 Å². The summed E-state index contributed by atoms with van der Waals surface area (Å²) in [6, 6.07) is 0. The number of rotatable bonds is 4. The van der Waals surface area contributed by atoms with Crippen LogP contribution in [0, 0.1) is 0 Å². The molecular formula is C8H10N4OS2. The highest BCUT2D eigenvalue weighted by Crippen LogP contribution is 2.28. The molecule has 0 amide bonds. The topological polar surface area (TPSA) is 77.8 Å². The molecule has 5 nitrogen and oxygen atoms in total. The van der Waals surface area contributed by atoms with E-state index < -0.39 is 0 Å². The Bertz CT molecular complexity index is 439. The van der Waals surface area contributed by atoms with Crippen molar-refractivity contribution in [1.82, 2.24) is 15.1 Å². The number of nitrogen functional groups attached to an aromatic ring is 1. The minimum atomic E-state index is 0.581. The maximum Gasteiger partial charge on any atom is 0.237 e. The van der Waals surface area contributed by atoms with Crippen LogP contribution in [0.5, 0.6) is 0 Å². The number of thiazole rings is 1. The monoisotopic (exact) mass is 242 g/mol. The zero-order valence-corrected chi connectivity index (χ0v) is 9.77. The SMILES string of the molecule is CCc1noc(CSc2cnc(N)s2)n1. The first-order valence-corrected chi connectivity index (χ1v) is 6.23. The average molecular weight is 242 g/mol. The summed E-state index contributed by atoms with van der Waals surface area (Å²) in [5.74, 6) is 2.05. The average Bonchev–Trinajstić information content (AvgIpc) is 2.83. The second kappa shape index (κ2) is 4.63. The van der Waals surface area contributed by atoms with E-state index in [0.717, 1.165) is 16.5 Å². The van der Waals surface area contributed by atoms with Gasteiger partial charge in [-0.1, -0.05) is 23.4 Å². The van der Waals surface area contributed by atoms with Crippen LogP contribution in [0.25, 0.3) is 0 Å². The summed E-state index contributed by atoms with van der Waals surface area (Å²) in [6.45, 7) is 1.99. The van der Waals surface area contributed by atoms with Crippen LogP contribution in [0.4, 0.5) is 5.13 Å². The van der Waals surface area contributed by atoms with Gasteiger partial charge in [-0.05, 0) is 0 Å².